The Labute approximate surface area is 103 Å². The quantitative estimate of drug-likeness (QED) is 0.816. The van der Waals surface area contributed by atoms with Gasteiger partial charge in [0.15, 0.2) is 9.84 Å². The van der Waals surface area contributed by atoms with Crippen LogP contribution in [0.5, 0.6) is 0 Å². The van der Waals surface area contributed by atoms with Crippen LogP contribution < -0.4 is 5.73 Å². The molecule has 0 radical (unpaired) electrons. The van der Waals surface area contributed by atoms with Crippen LogP contribution in [0.2, 0.25) is 0 Å². The van der Waals surface area contributed by atoms with Crippen LogP contribution in [0.15, 0.2) is 23.1 Å². The maximum atomic E-state index is 12.1. The van der Waals surface area contributed by atoms with Crippen molar-refractivity contribution in [2.24, 2.45) is 0 Å². The second-order valence-corrected chi connectivity index (χ2v) is 6.34. The van der Waals surface area contributed by atoms with E-state index in [4.69, 9.17) is 10.5 Å². The molecule has 96 valence electrons. The molecule has 2 N–H and O–H groups in total. The van der Waals surface area contributed by atoms with Gasteiger partial charge in [-0.2, -0.15) is 0 Å². The Bertz CT molecular complexity index is 481. The topological polar surface area (TPSA) is 69.4 Å². The Hall–Kier alpha value is -1.07. The molecule has 0 aliphatic heterocycles. The molecule has 1 rings (SSSR count). The number of ether oxygens (including phenoxy) is 1. The zero-order valence-electron chi connectivity index (χ0n) is 10.4. The van der Waals surface area contributed by atoms with Crippen molar-refractivity contribution >= 4 is 15.5 Å². The zero-order chi connectivity index (χ0) is 13.1. The second-order valence-electron chi connectivity index (χ2n) is 4.26. The fourth-order valence-corrected chi connectivity index (χ4v) is 2.87. The molecule has 1 aromatic carbocycles. The van der Waals surface area contributed by atoms with E-state index >= 15 is 0 Å². The number of rotatable bonds is 5. The van der Waals surface area contributed by atoms with Crippen LogP contribution in [0.1, 0.15) is 19.4 Å². The van der Waals surface area contributed by atoms with Crippen LogP contribution >= 0.6 is 0 Å². The second kappa shape index (κ2) is 5.51. The molecule has 0 bridgehead atoms. The third kappa shape index (κ3) is 4.02. The van der Waals surface area contributed by atoms with Crippen molar-refractivity contribution in [3.63, 3.8) is 0 Å². The predicted octanol–water partition coefficient (Wildman–Crippen LogP) is 1.78. The van der Waals surface area contributed by atoms with Crippen molar-refractivity contribution < 1.29 is 13.2 Å². The summed E-state index contributed by atoms with van der Waals surface area (Å²) in [6.07, 6.45) is 0.0344. The lowest BCUT2D eigenvalue weighted by atomic mass is 10.2. The van der Waals surface area contributed by atoms with Gasteiger partial charge in [0.05, 0.1) is 23.4 Å². The average Bonchev–Trinajstić information content (AvgIpc) is 2.20. The number of anilines is 1. The van der Waals surface area contributed by atoms with E-state index in [2.05, 4.69) is 0 Å². The minimum atomic E-state index is -3.31. The average molecular weight is 257 g/mol. The van der Waals surface area contributed by atoms with Gasteiger partial charge >= 0.3 is 0 Å². The van der Waals surface area contributed by atoms with Gasteiger partial charge in [0.1, 0.15) is 0 Å². The van der Waals surface area contributed by atoms with Gasteiger partial charge in [-0.15, -0.1) is 0 Å². The van der Waals surface area contributed by atoms with Crippen LogP contribution in [0.25, 0.3) is 0 Å². The zero-order valence-corrected chi connectivity index (χ0v) is 11.3. The van der Waals surface area contributed by atoms with Crippen LogP contribution in [-0.4, -0.2) is 26.9 Å². The van der Waals surface area contributed by atoms with E-state index in [1.54, 1.807) is 19.1 Å². The first-order valence-corrected chi connectivity index (χ1v) is 7.18. The lowest BCUT2D eigenvalue weighted by Crippen LogP contribution is -2.16. The third-order valence-corrected chi connectivity index (χ3v) is 4.16. The summed E-state index contributed by atoms with van der Waals surface area (Å²) in [7, 11) is -3.31. The maximum Gasteiger partial charge on any atom is 0.180 e. The molecule has 1 aromatic rings. The Morgan fingerprint density at radius 2 is 2.00 bits per heavy atom. The SMILES string of the molecule is Cc1ccc(N)cc1S(=O)(=O)CCOC(C)C. The molecular weight excluding hydrogens is 238 g/mol. The summed E-state index contributed by atoms with van der Waals surface area (Å²) >= 11 is 0. The van der Waals surface area contributed by atoms with Crippen molar-refractivity contribution in [2.75, 3.05) is 18.1 Å². The smallest absolute Gasteiger partial charge is 0.180 e. The predicted molar refractivity (Wildman–Crippen MR) is 68.7 cm³/mol. The Balaban J connectivity index is 2.86. The van der Waals surface area contributed by atoms with E-state index in [0.29, 0.717) is 16.1 Å². The van der Waals surface area contributed by atoms with E-state index in [9.17, 15) is 8.42 Å². The molecule has 0 saturated heterocycles. The molecule has 0 amide bonds. The normalized spacial score (nSPS) is 12.0. The fourth-order valence-electron chi connectivity index (χ4n) is 1.46. The molecule has 0 aliphatic carbocycles. The van der Waals surface area contributed by atoms with E-state index in [-0.39, 0.29) is 18.5 Å². The minimum Gasteiger partial charge on any atom is -0.399 e. The highest BCUT2D eigenvalue weighted by Gasteiger charge is 2.17. The molecule has 0 saturated carbocycles. The Kier molecular flexibility index (Phi) is 4.54. The number of nitrogens with two attached hydrogens (primary N) is 1. The lowest BCUT2D eigenvalue weighted by molar-refractivity contribution is 0.0912. The standard InChI is InChI=1S/C12H19NO3S/c1-9(2)16-6-7-17(14,15)12-8-11(13)5-4-10(12)3/h4-5,8-9H,6-7,13H2,1-3H3. The van der Waals surface area contributed by atoms with Crippen LogP contribution in [0, 0.1) is 6.92 Å². The van der Waals surface area contributed by atoms with Gasteiger partial charge in [-0.25, -0.2) is 8.42 Å². The molecule has 0 atom stereocenters. The van der Waals surface area contributed by atoms with Crippen molar-refractivity contribution in [1.29, 1.82) is 0 Å². The van der Waals surface area contributed by atoms with E-state index < -0.39 is 9.84 Å². The molecule has 4 nitrogen and oxygen atoms in total. The van der Waals surface area contributed by atoms with Gasteiger partial charge in [0, 0.05) is 5.69 Å². The summed E-state index contributed by atoms with van der Waals surface area (Å²) in [5.41, 5.74) is 6.77. The highest BCUT2D eigenvalue weighted by molar-refractivity contribution is 7.91. The van der Waals surface area contributed by atoms with Crippen LogP contribution in [-0.2, 0) is 14.6 Å². The highest BCUT2D eigenvalue weighted by Crippen LogP contribution is 2.19. The van der Waals surface area contributed by atoms with Gasteiger partial charge < -0.3 is 10.5 Å². The fraction of sp³-hybridized carbons (Fsp3) is 0.500. The minimum absolute atomic E-state index is 0.0184. The molecular formula is C12H19NO3S. The third-order valence-electron chi connectivity index (χ3n) is 2.35. The van der Waals surface area contributed by atoms with Crippen molar-refractivity contribution in [3.8, 4) is 0 Å². The maximum absolute atomic E-state index is 12.1. The van der Waals surface area contributed by atoms with Gasteiger partial charge in [-0.05, 0) is 38.5 Å². The summed E-state index contributed by atoms with van der Waals surface area (Å²) in [5.74, 6) is -0.0184. The van der Waals surface area contributed by atoms with E-state index in [1.165, 1.54) is 6.07 Å². The van der Waals surface area contributed by atoms with Crippen LogP contribution in [0.4, 0.5) is 5.69 Å². The molecule has 0 fully saturated rings. The lowest BCUT2D eigenvalue weighted by Gasteiger charge is -2.10. The Morgan fingerprint density at radius 1 is 1.35 bits per heavy atom. The first-order chi connectivity index (χ1) is 7.83. The van der Waals surface area contributed by atoms with Gasteiger partial charge in [-0.3, -0.25) is 0 Å². The largest absolute Gasteiger partial charge is 0.399 e. The van der Waals surface area contributed by atoms with Crippen molar-refractivity contribution in [3.05, 3.63) is 23.8 Å². The van der Waals surface area contributed by atoms with Gasteiger partial charge in [0.2, 0.25) is 0 Å². The number of sulfone groups is 1. The molecule has 0 aliphatic rings. The summed E-state index contributed by atoms with van der Waals surface area (Å²) in [5, 5.41) is 0. The number of nitrogen functional groups attached to an aromatic ring is 1. The monoisotopic (exact) mass is 257 g/mol. The summed E-state index contributed by atoms with van der Waals surface area (Å²) in [4.78, 5) is 0.296. The van der Waals surface area contributed by atoms with Gasteiger partial charge in [0.25, 0.3) is 0 Å². The van der Waals surface area contributed by atoms with Crippen molar-refractivity contribution in [1.82, 2.24) is 0 Å². The number of benzene rings is 1. The van der Waals surface area contributed by atoms with Crippen molar-refractivity contribution in [2.45, 2.75) is 31.8 Å². The number of hydrogen-bond acceptors (Lipinski definition) is 4. The summed E-state index contributed by atoms with van der Waals surface area (Å²) in [6, 6.07) is 4.91. The summed E-state index contributed by atoms with van der Waals surface area (Å²) < 4.78 is 29.4. The Morgan fingerprint density at radius 3 is 2.59 bits per heavy atom. The molecule has 0 aromatic heterocycles. The van der Waals surface area contributed by atoms with E-state index in [1.807, 2.05) is 13.8 Å². The highest BCUT2D eigenvalue weighted by atomic mass is 32.2. The van der Waals surface area contributed by atoms with E-state index in [0.717, 1.165) is 0 Å². The first kappa shape index (κ1) is 14.0. The molecule has 0 spiro atoms. The number of aryl methyl sites for hydroxylation is 1. The van der Waals surface area contributed by atoms with Crippen LogP contribution in [0.3, 0.4) is 0 Å². The molecule has 5 heteroatoms. The summed E-state index contributed by atoms with van der Waals surface area (Å²) in [6.45, 7) is 5.71. The molecule has 0 unspecified atom stereocenters. The number of hydrogen-bond donors (Lipinski definition) is 1. The van der Waals surface area contributed by atoms with Gasteiger partial charge in [-0.1, -0.05) is 6.07 Å². The first-order valence-electron chi connectivity index (χ1n) is 5.53. The molecule has 17 heavy (non-hydrogen) atoms. The molecule has 0 heterocycles.